The largest absolute Gasteiger partial charge is 0.356 e. The summed E-state index contributed by atoms with van der Waals surface area (Å²) in [6, 6.07) is 14.3. The van der Waals surface area contributed by atoms with Crippen LogP contribution in [0.15, 0.2) is 80.7 Å². The molecule has 8 rings (SSSR count). The van der Waals surface area contributed by atoms with Gasteiger partial charge in [0.15, 0.2) is 5.58 Å². The first-order valence-electron chi connectivity index (χ1n) is 12.6. The van der Waals surface area contributed by atoms with Crippen molar-refractivity contribution in [1.29, 1.82) is 0 Å². The van der Waals surface area contributed by atoms with Crippen molar-refractivity contribution in [3.63, 3.8) is 0 Å². The van der Waals surface area contributed by atoms with Crippen LogP contribution in [0.25, 0.3) is 27.8 Å². The number of hydrogen-bond acceptors (Lipinski definition) is 7. The fourth-order valence-electron chi connectivity index (χ4n) is 6.18. The normalized spacial score (nSPS) is 21.4. The van der Waals surface area contributed by atoms with Crippen molar-refractivity contribution in [3.05, 3.63) is 98.7 Å². The number of aromatic nitrogens is 6. The van der Waals surface area contributed by atoms with E-state index in [1.165, 1.54) is 11.0 Å². The zero-order valence-electron chi connectivity index (χ0n) is 20.5. The van der Waals surface area contributed by atoms with E-state index in [1.54, 1.807) is 22.8 Å². The zero-order chi connectivity index (χ0) is 26.4. The third kappa shape index (κ3) is 3.37. The van der Waals surface area contributed by atoms with Crippen molar-refractivity contribution in [3.8, 4) is 16.8 Å². The summed E-state index contributed by atoms with van der Waals surface area (Å²) in [6.07, 6.45) is 2.73. The van der Waals surface area contributed by atoms with Gasteiger partial charge in [0.2, 0.25) is 5.95 Å². The van der Waals surface area contributed by atoms with Crippen molar-refractivity contribution in [2.24, 2.45) is 10.9 Å². The molecule has 0 radical (unpaired) electrons. The molecule has 1 fully saturated rings. The minimum Gasteiger partial charge on any atom is -0.356 e. The van der Waals surface area contributed by atoms with Gasteiger partial charge in [-0.05, 0) is 71.7 Å². The summed E-state index contributed by atoms with van der Waals surface area (Å²) in [5.74, 6) is -0.147. The number of benzene rings is 2. The van der Waals surface area contributed by atoms with Gasteiger partial charge in [0.05, 0.1) is 23.1 Å². The van der Waals surface area contributed by atoms with Crippen molar-refractivity contribution in [2.45, 2.75) is 31.7 Å². The third-order valence-corrected chi connectivity index (χ3v) is 8.30. The average molecular weight is 540 g/mol. The quantitative estimate of drug-likeness (QED) is 0.286. The molecule has 9 nitrogen and oxygen atoms in total. The number of nitrogens with zero attached hydrogens (tertiary/aromatic N) is 7. The van der Waals surface area contributed by atoms with Gasteiger partial charge in [0, 0.05) is 51.2 Å². The molecular formula is C28H19ClFN7O2. The second kappa shape index (κ2) is 8.03. The monoisotopic (exact) mass is 539 g/mol. The second-order valence-corrected chi connectivity index (χ2v) is 10.7. The Morgan fingerprint density at radius 3 is 2.85 bits per heavy atom. The summed E-state index contributed by atoms with van der Waals surface area (Å²) in [6.45, 7) is 1.88. The Kier molecular flexibility index (Phi) is 4.64. The number of hydrogen-bond donors (Lipinski definition) is 0. The number of allylic oxidation sites excluding steroid dienone is 1. The molecule has 0 saturated heterocycles. The van der Waals surface area contributed by atoms with Crippen LogP contribution in [-0.2, 0) is 0 Å². The van der Waals surface area contributed by atoms with E-state index in [0.29, 0.717) is 34.0 Å². The fourth-order valence-corrected chi connectivity index (χ4v) is 6.35. The maximum absolute atomic E-state index is 15.4. The lowest BCUT2D eigenvalue weighted by molar-refractivity contribution is 0.450. The summed E-state index contributed by atoms with van der Waals surface area (Å²) in [4.78, 5) is 17.9. The predicted molar refractivity (Wildman–Crippen MR) is 142 cm³/mol. The van der Waals surface area contributed by atoms with E-state index >= 15 is 4.39 Å². The summed E-state index contributed by atoms with van der Waals surface area (Å²) in [5, 5.41) is 16.9. The van der Waals surface area contributed by atoms with Crippen molar-refractivity contribution < 1.29 is 8.91 Å². The maximum atomic E-state index is 15.4. The van der Waals surface area contributed by atoms with E-state index in [9.17, 15) is 4.79 Å². The molecule has 0 amide bonds. The first kappa shape index (κ1) is 22.5. The SMILES string of the molecule is Cc1noc2cc(C3=NC(F)=C(C4C5CC5c5cc(-c6cc(Cl)ccc6-n6cnnn6)cc(=O)n54)C3)ccc12. The van der Waals surface area contributed by atoms with Crippen LogP contribution in [0, 0.1) is 12.8 Å². The van der Waals surface area contributed by atoms with Gasteiger partial charge in [0.1, 0.15) is 6.33 Å². The topological polar surface area (TPSA) is 104 Å². The lowest BCUT2D eigenvalue weighted by Crippen LogP contribution is -2.26. The Labute approximate surface area is 225 Å². The highest BCUT2D eigenvalue weighted by atomic mass is 35.5. The van der Waals surface area contributed by atoms with Gasteiger partial charge in [-0.1, -0.05) is 22.8 Å². The number of aryl methyl sites for hydroxylation is 1. The van der Waals surface area contributed by atoms with E-state index in [1.807, 2.05) is 37.3 Å². The van der Waals surface area contributed by atoms with E-state index in [-0.39, 0.29) is 23.4 Å². The van der Waals surface area contributed by atoms with E-state index in [0.717, 1.165) is 39.9 Å². The van der Waals surface area contributed by atoms with Crippen molar-refractivity contribution >= 4 is 28.3 Å². The molecule has 1 saturated carbocycles. The molecule has 5 heterocycles. The van der Waals surface area contributed by atoms with Gasteiger partial charge in [-0.2, -0.15) is 9.07 Å². The molecule has 0 N–H and O–H groups in total. The Bertz CT molecular complexity index is 1960. The van der Waals surface area contributed by atoms with Gasteiger partial charge < -0.3 is 9.09 Å². The van der Waals surface area contributed by atoms with Crippen LogP contribution >= 0.6 is 11.6 Å². The lowest BCUT2D eigenvalue weighted by Gasteiger charge is -2.20. The number of tetrazole rings is 1. The molecule has 1 aliphatic carbocycles. The Morgan fingerprint density at radius 2 is 2.00 bits per heavy atom. The highest BCUT2D eigenvalue weighted by Gasteiger charge is 2.55. The molecule has 11 heteroatoms. The average Bonchev–Trinajstić information content (AvgIpc) is 3.29. The molecule has 2 aromatic carbocycles. The van der Waals surface area contributed by atoms with Crippen LogP contribution in [0.3, 0.4) is 0 Å². The van der Waals surface area contributed by atoms with Crippen LogP contribution in [0.2, 0.25) is 5.02 Å². The summed E-state index contributed by atoms with van der Waals surface area (Å²) in [7, 11) is 0. The van der Waals surface area contributed by atoms with Crippen molar-refractivity contribution in [2.75, 3.05) is 0 Å². The van der Waals surface area contributed by atoms with Gasteiger partial charge in [0.25, 0.3) is 5.56 Å². The first-order valence-corrected chi connectivity index (χ1v) is 13.0. The molecule has 0 spiro atoms. The molecule has 2 aliphatic heterocycles. The Morgan fingerprint density at radius 1 is 1.10 bits per heavy atom. The molecule has 3 unspecified atom stereocenters. The highest BCUT2D eigenvalue weighted by Crippen LogP contribution is 2.62. The molecular weight excluding hydrogens is 521 g/mol. The molecule has 192 valence electrons. The van der Waals surface area contributed by atoms with E-state index in [2.05, 4.69) is 25.7 Å². The van der Waals surface area contributed by atoms with Crippen LogP contribution in [0.4, 0.5) is 4.39 Å². The summed E-state index contributed by atoms with van der Waals surface area (Å²) >= 11 is 6.33. The minimum absolute atomic E-state index is 0.168. The van der Waals surface area contributed by atoms with Gasteiger partial charge in [-0.15, -0.1) is 5.10 Å². The molecule has 5 aromatic rings. The standard InChI is InChI=1S/C28H19ClFN7O2/c1-13-17-4-2-14(7-25(17)39-33-13)22-11-21(28(30)32-22)27-20-10-19(20)24-6-15(8-26(38)37(24)27)18-9-16(29)3-5-23(18)36-12-31-34-35-36/h2-9,12,19-20,27H,10-11H2,1H3. The highest BCUT2D eigenvalue weighted by molar-refractivity contribution is 6.31. The predicted octanol–water partition coefficient (Wildman–Crippen LogP) is 5.33. The van der Waals surface area contributed by atoms with Crippen LogP contribution in [0.5, 0.6) is 0 Å². The summed E-state index contributed by atoms with van der Waals surface area (Å²) in [5.41, 5.74) is 6.29. The number of rotatable bonds is 4. The fraction of sp³-hybridized carbons (Fsp3) is 0.214. The third-order valence-electron chi connectivity index (χ3n) is 8.07. The maximum Gasteiger partial charge on any atom is 0.251 e. The van der Waals surface area contributed by atoms with Crippen LogP contribution < -0.4 is 5.56 Å². The molecule has 3 atom stereocenters. The van der Waals surface area contributed by atoms with E-state index < -0.39 is 5.95 Å². The second-order valence-electron chi connectivity index (χ2n) is 10.3. The van der Waals surface area contributed by atoms with Gasteiger partial charge in [-0.3, -0.25) is 4.79 Å². The number of fused-ring (bicyclic) bond motifs is 4. The Hall–Kier alpha value is -4.44. The zero-order valence-corrected chi connectivity index (χ0v) is 21.3. The van der Waals surface area contributed by atoms with Gasteiger partial charge in [-0.25, -0.2) is 4.99 Å². The molecule has 3 aliphatic rings. The summed E-state index contributed by atoms with van der Waals surface area (Å²) < 4.78 is 24.1. The smallest absolute Gasteiger partial charge is 0.251 e. The van der Waals surface area contributed by atoms with Crippen molar-refractivity contribution in [1.82, 2.24) is 29.9 Å². The molecule has 3 aromatic heterocycles. The molecule has 0 bridgehead atoms. The van der Waals surface area contributed by atoms with Gasteiger partial charge >= 0.3 is 0 Å². The minimum atomic E-state index is -0.505. The lowest BCUT2D eigenvalue weighted by atomic mass is 9.96. The van der Waals surface area contributed by atoms with E-state index in [4.69, 9.17) is 16.1 Å². The van der Waals surface area contributed by atoms with Crippen LogP contribution in [-0.4, -0.2) is 35.6 Å². The van der Waals surface area contributed by atoms with Crippen LogP contribution in [0.1, 0.15) is 41.8 Å². The number of aliphatic imine (C=N–C) groups is 1. The first-order chi connectivity index (χ1) is 19.0. The molecule has 39 heavy (non-hydrogen) atoms. The Balaban J connectivity index is 1.16. The number of pyridine rings is 1. The number of halogens is 2.